The van der Waals surface area contributed by atoms with Gasteiger partial charge in [-0.25, -0.2) is 9.97 Å². The van der Waals surface area contributed by atoms with Crippen LogP contribution >= 0.6 is 24.4 Å². The van der Waals surface area contributed by atoms with Crippen LogP contribution in [0.1, 0.15) is 18.4 Å². The van der Waals surface area contributed by atoms with Gasteiger partial charge in [-0.15, -0.1) is 12.6 Å². The van der Waals surface area contributed by atoms with Crippen molar-refractivity contribution >= 4 is 40.9 Å². The summed E-state index contributed by atoms with van der Waals surface area (Å²) < 4.78 is 0. The van der Waals surface area contributed by atoms with E-state index in [9.17, 15) is 0 Å². The van der Waals surface area contributed by atoms with Gasteiger partial charge in [0, 0.05) is 23.2 Å². The number of thiol groups is 1. The van der Waals surface area contributed by atoms with Gasteiger partial charge < -0.3 is 5.32 Å². The first-order valence-electron chi connectivity index (χ1n) is 5.82. The molecule has 2 N–H and O–H groups in total. The minimum absolute atomic E-state index is 0.00341. The molecular formula is C13H12N4S2. The van der Waals surface area contributed by atoms with Gasteiger partial charge in [-0.2, -0.15) is 0 Å². The maximum absolute atomic E-state index is 7.61. The second-order valence-electron chi connectivity index (χ2n) is 4.30. The summed E-state index contributed by atoms with van der Waals surface area (Å²) >= 11 is 5.71. The molecule has 0 saturated carbocycles. The Morgan fingerprint density at radius 2 is 2.16 bits per heavy atom. The summed E-state index contributed by atoms with van der Waals surface area (Å²) in [6.45, 7) is 1.97. The summed E-state index contributed by atoms with van der Waals surface area (Å²) in [5.74, 6) is 0.787. The maximum Gasteiger partial charge on any atom is 0.163 e. The van der Waals surface area contributed by atoms with Crippen LogP contribution in [-0.4, -0.2) is 15.0 Å². The number of hydrogen-bond donors (Lipinski definition) is 3. The number of hydrogen-bond acceptors (Lipinski definition) is 5. The van der Waals surface area contributed by atoms with E-state index in [1.54, 1.807) is 24.2 Å². The molecule has 19 heavy (non-hydrogen) atoms. The van der Waals surface area contributed by atoms with E-state index in [-0.39, 0.29) is 5.92 Å². The van der Waals surface area contributed by atoms with Gasteiger partial charge >= 0.3 is 0 Å². The van der Waals surface area contributed by atoms with E-state index in [4.69, 9.17) is 5.41 Å². The molecule has 0 bridgehead atoms. The van der Waals surface area contributed by atoms with Crippen molar-refractivity contribution in [3.63, 3.8) is 0 Å². The number of fused-ring (bicyclic) bond motifs is 2. The highest BCUT2D eigenvalue weighted by Gasteiger charge is 2.19. The first-order chi connectivity index (χ1) is 9.15. The fourth-order valence-electron chi connectivity index (χ4n) is 1.88. The highest BCUT2D eigenvalue weighted by molar-refractivity contribution is 7.99. The van der Waals surface area contributed by atoms with Crippen LogP contribution in [0.4, 0.5) is 11.5 Å². The highest BCUT2D eigenvalue weighted by atomic mass is 32.2. The number of anilines is 2. The third kappa shape index (κ3) is 2.33. The molecule has 0 radical (unpaired) electrons. The summed E-state index contributed by atoms with van der Waals surface area (Å²) in [6, 6.07) is 6.13. The molecule has 1 aliphatic heterocycles. The molecule has 0 amide bonds. The van der Waals surface area contributed by atoms with Gasteiger partial charge in [0.05, 0.1) is 10.7 Å². The lowest BCUT2D eigenvalue weighted by Gasteiger charge is -2.20. The van der Waals surface area contributed by atoms with Gasteiger partial charge in [-0.3, -0.25) is 5.41 Å². The molecule has 0 saturated heterocycles. The molecule has 4 nitrogen and oxygen atoms in total. The van der Waals surface area contributed by atoms with Crippen LogP contribution in [-0.2, 0) is 0 Å². The molecule has 1 aliphatic rings. The number of nitrogens with one attached hydrogen (secondary N) is 2. The predicted molar refractivity (Wildman–Crippen MR) is 81.0 cm³/mol. The first-order valence-corrected chi connectivity index (χ1v) is 7.09. The number of nitrogens with zero attached hydrogens (tertiary/aromatic N) is 2. The zero-order valence-electron chi connectivity index (χ0n) is 10.2. The monoisotopic (exact) mass is 288 g/mol. The second kappa shape index (κ2) is 4.86. The Kier molecular flexibility index (Phi) is 3.20. The summed E-state index contributed by atoms with van der Waals surface area (Å²) in [5.41, 5.74) is 2.08. The zero-order valence-corrected chi connectivity index (χ0v) is 11.9. The van der Waals surface area contributed by atoms with Gasteiger partial charge in [0.25, 0.3) is 0 Å². The molecule has 0 spiro atoms. The summed E-state index contributed by atoms with van der Waals surface area (Å²) in [4.78, 5) is 9.69. The Morgan fingerprint density at radius 1 is 1.37 bits per heavy atom. The molecule has 1 unspecified atom stereocenters. The van der Waals surface area contributed by atoms with Gasteiger partial charge in [0.2, 0.25) is 0 Å². The molecule has 0 aliphatic carbocycles. The normalized spacial score (nSPS) is 14.0. The zero-order chi connectivity index (χ0) is 13.4. The Balaban J connectivity index is 1.98. The highest BCUT2D eigenvalue weighted by Crippen LogP contribution is 2.42. The van der Waals surface area contributed by atoms with Crippen molar-refractivity contribution in [2.45, 2.75) is 22.8 Å². The molecule has 0 fully saturated rings. The second-order valence-corrected chi connectivity index (χ2v) is 5.81. The largest absolute Gasteiger partial charge is 0.337 e. The minimum Gasteiger partial charge on any atom is -0.337 e. The first kappa shape index (κ1) is 12.5. The van der Waals surface area contributed by atoms with Crippen molar-refractivity contribution in [2.24, 2.45) is 0 Å². The third-order valence-corrected chi connectivity index (χ3v) is 4.49. The van der Waals surface area contributed by atoms with E-state index in [2.05, 4.69) is 34.0 Å². The van der Waals surface area contributed by atoms with Crippen molar-refractivity contribution in [2.75, 3.05) is 5.32 Å². The van der Waals surface area contributed by atoms with E-state index >= 15 is 0 Å². The topological polar surface area (TPSA) is 61.7 Å². The average molecular weight is 288 g/mol. The van der Waals surface area contributed by atoms with Gasteiger partial charge in [-0.1, -0.05) is 24.8 Å². The van der Waals surface area contributed by atoms with Crippen LogP contribution in [0, 0.1) is 5.41 Å². The van der Waals surface area contributed by atoms with Crippen LogP contribution in [0.2, 0.25) is 0 Å². The summed E-state index contributed by atoms with van der Waals surface area (Å²) in [7, 11) is 0. The molecule has 1 aromatic carbocycles. The van der Waals surface area contributed by atoms with E-state index in [1.807, 2.05) is 19.1 Å². The minimum atomic E-state index is 0.00341. The van der Waals surface area contributed by atoms with Crippen molar-refractivity contribution in [1.29, 1.82) is 5.41 Å². The maximum atomic E-state index is 7.61. The standard InChI is InChI=1S/C13H12N4S2/c1-7(11(14)18)8-2-3-10-9(6-8)17-12-13(19-10)16-5-4-15-12/h2-7H,1H3,(H2,14,18)(H,15,17). The molecule has 6 heteroatoms. The van der Waals surface area contributed by atoms with Crippen molar-refractivity contribution in [3.05, 3.63) is 36.2 Å². The Bertz CT molecular complexity index is 657. The molecule has 3 rings (SSSR count). The Morgan fingerprint density at radius 3 is 2.95 bits per heavy atom. The Labute approximate surface area is 121 Å². The molecule has 1 aromatic heterocycles. The smallest absolute Gasteiger partial charge is 0.163 e. The fraction of sp³-hybridized carbons (Fsp3) is 0.154. The van der Waals surface area contributed by atoms with Crippen molar-refractivity contribution < 1.29 is 0 Å². The van der Waals surface area contributed by atoms with Crippen LogP contribution < -0.4 is 5.32 Å². The molecular weight excluding hydrogens is 276 g/mol. The number of aromatic nitrogens is 2. The lowest BCUT2D eigenvalue weighted by atomic mass is 10.0. The third-order valence-electron chi connectivity index (χ3n) is 3.04. The van der Waals surface area contributed by atoms with Crippen LogP contribution in [0.25, 0.3) is 0 Å². The predicted octanol–water partition coefficient (Wildman–Crippen LogP) is 3.70. The van der Waals surface area contributed by atoms with E-state index in [0.29, 0.717) is 5.04 Å². The SMILES string of the molecule is CC(C(=N)S)c1ccc2c(c1)Nc1nccnc1S2. The lowest BCUT2D eigenvalue weighted by molar-refractivity contribution is 1.01. The lowest BCUT2D eigenvalue weighted by Crippen LogP contribution is -2.06. The van der Waals surface area contributed by atoms with E-state index in [1.165, 1.54) is 0 Å². The van der Waals surface area contributed by atoms with Gasteiger partial charge in [-0.05, 0) is 17.7 Å². The molecule has 2 heterocycles. The number of benzene rings is 1. The molecule has 2 aromatic rings. The molecule has 1 atom stereocenters. The summed E-state index contributed by atoms with van der Waals surface area (Å²) in [5, 5.41) is 12.1. The van der Waals surface area contributed by atoms with Crippen LogP contribution in [0.15, 0.2) is 40.5 Å². The average Bonchev–Trinajstić information content (AvgIpc) is 2.43. The van der Waals surface area contributed by atoms with Crippen molar-refractivity contribution in [3.8, 4) is 0 Å². The molecule has 96 valence electrons. The summed E-state index contributed by atoms with van der Waals surface area (Å²) in [6.07, 6.45) is 3.37. The number of rotatable bonds is 2. The van der Waals surface area contributed by atoms with E-state index in [0.717, 1.165) is 27.0 Å². The quantitative estimate of drug-likeness (QED) is 0.382. The van der Waals surface area contributed by atoms with Crippen LogP contribution in [0.5, 0.6) is 0 Å². The van der Waals surface area contributed by atoms with Crippen molar-refractivity contribution in [1.82, 2.24) is 9.97 Å². The van der Waals surface area contributed by atoms with Gasteiger partial charge in [0.15, 0.2) is 5.82 Å². The fourth-order valence-corrected chi connectivity index (χ4v) is 2.91. The Hall–Kier alpha value is -1.53. The van der Waals surface area contributed by atoms with Gasteiger partial charge in [0.1, 0.15) is 5.03 Å². The van der Waals surface area contributed by atoms with E-state index < -0.39 is 0 Å². The van der Waals surface area contributed by atoms with Crippen LogP contribution in [0.3, 0.4) is 0 Å².